The monoisotopic (exact) mass is 301 g/mol. The Morgan fingerprint density at radius 3 is 2.62 bits per heavy atom. The Bertz CT molecular complexity index is 328. The Morgan fingerprint density at radius 2 is 2.06 bits per heavy atom. The summed E-state index contributed by atoms with van der Waals surface area (Å²) in [4.78, 5) is 3.99. The van der Waals surface area contributed by atoms with Crippen LogP contribution in [0.2, 0.25) is 0 Å². The molecule has 0 spiro atoms. The van der Waals surface area contributed by atoms with Crippen molar-refractivity contribution in [1.82, 2.24) is 4.90 Å². The van der Waals surface area contributed by atoms with Crippen molar-refractivity contribution in [3.8, 4) is 0 Å². The van der Waals surface area contributed by atoms with E-state index < -0.39 is 0 Å². The molecule has 1 saturated carbocycles. The smallest absolute Gasteiger partial charge is 0.0339 e. The van der Waals surface area contributed by atoms with Crippen molar-refractivity contribution in [3.05, 3.63) is 20.8 Å². The van der Waals surface area contributed by atoms with Gasteiger partial charge in [-0.05, 0) is 66.0 Å². The third kappa shape index (κ3) is 3.08. The number of rotatable bonds is 3. The zero-order valence-corrected chi connectivity index (χ0v) is 12.5. The second kappa shape index (κ2) is 5.65. The molecule has 1 aromatic rings. The Balaban J connectivity index is 1.88. The van der Waals surface area contributed by atoms with Gasteiger partial charge in [0.15, 0.2) is 0 Å². The molecule has 0 bridgehead atoms. The second-order valence-electron chi connectivity index (χ2n) is 5.02. The molecule has 1 aliphatic carbocycles. The first kappa shape index (κ1) is 12.6. The molecule has 1 fully saturated rings. The molecule has 1 heterocycles. The van der Waals surface area contributed by atoms with Gasteiger partial charge < -0.3 is 0 Å². The second-order valence-corrected chi connectivity index (χ2v) is 6.88. The lowest BCUT2D eigenvalue weighted by molar-refractivity contribution is 0.165. The summed E-state index contributed by atoms with van der Waals surface area (Å²) >= 11 is 5.47. The molecule has 1 nitrogen and oxygen atoms in total. The van der Waals surface area contributed by atoms with Crippen molar-refractivity contribution in [2.45, 2.75) is 45.2 Å². The quantitative estimate of drug-likeness (QED) is 0.793. The highest BCUT2D eigenvalue weighted by Gasteiger charge is 2.22. The molecular weight excluding hydrogens is 282 g/mol. The van der Waals surface area contributed by atoms with E-state index in [-0.39, 0.29) is 0 Å². The Kier molecular flexibility index (Phi) is 4.45. The van der Waals surface area contributed by atoms with E-state index >= 15 is 0 Å². The summed E-state index contributed by atoms with van der Waals surface area (Å²) in [7, 11) is 2.27. The molecule has 0 amide bonds. The molecule has 2 rings (SSSR count). The predicted octanol–water partition coefficient (Wildman–Crippen LogP) is 4.52. The minimum Gasteiger partial charge on any atom is -0.298 e. The van der Waals surface area contributed by atoms with Crippen LogP contribution in [0.4, 0.5) is 0 Å². The van der Waals surface area contributed by atoms with Crippen LogP contribution in [0.25, 0.3) is 0 Å². The van der Waals surface area contributed by atoms with Crippen LogP contribution in [-0.4, -0.2) is 18.0 Å². The topological polar surface area (TPSA) is 3.24 Å². The molecule has 0 aromatic carbocycles. The standard InChI is InChI=1S/C13H20BrNS/c1-10-3-5-11(6-4-10)15(2)9-13-12(14)7-8-16-13/h7-8,10-11H,3-6,9H2,1-2H3. The molecule has 0 radical (unpaired) electrons. The van der Waals surface area contributed by atoms with E-state index in [0.29, 0.717) is 0 Å². The molecular formula is C13H20BrNS. The van der Waals surface area contributed by atoms with Crippen molar-refractivity contribution in [3.63, 3.8) is 0 Å². The summed E-state index contributed by atoms with van der Waals surface area (Å²) in [5.41, 5.74) is 0. The van der Waals surface area contributed by atoms with Crippen molar-refractivity contribution >= 4 is 27.3 Å². The van der Waals surface area contributed by atoms with E-state index in [1.165, 1.54) is 35.0 Å². The summed E-state index contributed by atoms with van der Waals surface area (Å²) in [5.74, 6) is 0.943. The zero-order valence-electron chi connectivity index (χ0n) is 10.1. The van der Waals surface area contributed by atoms with Gasteiger partial charge >= 0.3 is 0 Å². The van der Waals surface area contributed by atoms with Gasteiger partial charge in [-0.3, -0.25) is 4.90 Å². The van der Waals surface area contributed by atoms with Crippen LogP contribution >= 0.6 is 27.3 Å². The molecule has 16 heavy (non-hydrogen) atoms. The summed E-state index contributed by atoms with van der Waals surface area (Å²) in [6.07, 6.45) is 5.56. The van der Waals surface area contributed by atoms with Gasteiger partial charge in [0, 0.05) is 21.9 Å². The van der Waals surface area contributed by atoms with Gasteiger partial charge in [0.1, 0.15) is 0 Å². The van der Waals surface area contributed by atoms with Crippen LogP contribution in [0.1, 0.15) is 37.5 Å². The third-order valence-electron chi connectivity index (χ3n) is 3.69. The Labute approximate surface area is 111 Å². The molecule has 0 N–H and O–H groups in total. The highest BCUT2D eigenvalue weighted by atomic mass is 79.9. The highest BCUT2D eigenvalue weighted by molar-refractivity contribution is 9.10. The maximum atomic E-state index is 3.61. The van der Waals surface area contributed by atoms with E-state index in [4.69, 9.17) is 0 Å². The molecule has 0 unspecified atom stereocenters. The summed E-state index contributed by atoms with van der Waals surface area (Å²) in [6.45, 7) is 3.48. The molecule has 1 aliphatic rings. The minimum atomic E-state index is 0.796. The maximum Gasteiger partial charge on any atom is 0.0339 e. The van der Waals surface area contributed by atoms with Gasteiger partial charge in [0.05, 0.1) is 0 Å². The van der Waals surface area contributed by atoms with Crippen LogP contribution in [0.3, 0.4) is 0 Å². The van der Waals surface area contributed by atoms with Crippen molar-refractivity contribution in [2.75, 3.05) is 7.05 Å². The molecule has 0 aliphatic heterocycles. The van der Waals surface area contributed by atoms with Crippen LogP contribution in [-0.2, 0) is 6.54 Å². The first-order chi connectivity index (χ1) is 7.66. The Hall–Kier alpha value is 0.140. The number of thiophene rings is 1. The normalized spacial score (nSPS) is 26.2. The summed E-state index contributed by atoms with van der Waals surface area (Å²) in [6, 6.07) is 2.95. The summed E-state index contributed by atoms with van der Waals surface area (Å²) < 4.78 is 1.27. The van der Waals surface area contributed by atoms with E-state index in [0.717, 1.165) is 18.5 Å². The van der Waals surface area contributed by atoms with Crippen LogP contribution in [0, 0.1) is 5.92 Å². The molecule has 3 heteroatoms. The molecule has 0 atom stereocenters. The van der Waals surface area contributed by atoms with Crippen molar-refractivity contribution in [2.24, 2.45) is 5.92 Å². The first-order valence-corrected chi connectivity index (χ1v) is 7.76. The number of hydrogen-bond acceptors (Lipinski definition) is 2. The van der Waals surface area contributed by atoms with Gasteiger partial charge in [0.2, 0.25) is 0 Å². The molecule has 90 valence electrons. The fraction of sp³-hybridized carbons (Fsp3) is 0.692. The Morgan fingerprint density at radius 1 is 1.38 bits per heavy atom. The van der Waals surface area contributed by atoms with Gasteiger partial charge in [-0.25, -0.2) is 0 Å². The number of nitrogens with zero attached hydrogens (tertiary/aromatic N) is 1. The van der Waals surface area contributed by atoms with Crippen molar-refractivity contribution in [1.29, 1.82) is 0 Å². The van der Waals surface area contributed by atoms with Crippen molar-refractivity contribution < 1.29 is 0 Å². The van der Waals surface area contributed by atoms with E-state index in [1.54, 1.807) is 0 Å². The number of hydrogen-bond donors (Lipinski definition) is 0. The average molecular weight is 302 g/mol. The van der Waals surface area contributed by atoms with Gasteiger partial charge in [-0.1, -0.05) is 6.92 Å². The fourth-order valence-electron chi connectivity index (χ4n) is 2.48. The lowest BCUT2D eigenvalue weighted by Crippen LogP contribution is -2.34. The van der Waals surface area contributed by atoms with Gasteiger partial charge in [0.25, 0.3) is 0 Å². The zero-order chi connectivity index (χ0) is 11.5. The third-order valence-corrected chi connectivity index (χ3v) is 5.60. The first-order valence-electron chi connectivity index (χ1n) is 6.09. The lowest BCUT2D eigenvalue weighted by Gasteiger charge is -2.33. The SMILES string of the molecule is CC1CCC(N(C)Cc2sccc2Br)CC1. The van der Waals surface area contributed by atoms with Gasteiger partial charge in [-0.2, -0.15) is 0 Å². The van der Waals surface area contributed by atoms with Crippen LogP contribution in [0.15, 0.2) is 15.9 Å². The average Bonchev–Trinajstić information content (AvgIpc) is 2.65. The fourth-order valence-corrected chi connectivity index (χ4v) is 4.02. The molecule has 1 aromatic heterocycles. The number of halogens is 1. The lowest BCUT2D eigenvalue weighted by atomic mass is 9.87. The predicted molar refractivity (Wildman–Crippen MR) is 74.9 cm³/mol. The highest BCUT2D eigenvalue weighted by Crippen LogP contribution is 2.29. The van der Waals surface area contributed by atoms with Crippen LogP contribution < -0.4 is 0 Å². The minimum absolute atomic E-state index is 0.796. The molecule has 0 saturated heterocycles. The van der Waals surface area contributed by atoms with Crippen LogP contribution in [0.5, 0.6) is 0 Å². The van der Waals surface area contributed by atoms with E-state index in [1.807, 2.05) is 11.3 Å². The van der Waals surface area contributed by atoms with Gasteiger partial charge in [-0.15, -0.1) is 11.3 Å². The van der Waals surface area contributed by atoms with E-state index in [9.17, 15) is 0 Å². The van der Waals surface area contributed by atoms with E-state index in [2.05, 4.69) is 46.2 Å². The summed E-state index contributed by atoms with van der Waals surface area (Å²) in [5, 5.41) is 2.16. The largest absolute Gasteiger partial charge is 0.298 e. The maximum absolute atomic E-state index is 3.61.